The summed E-state index contributed by atoms with van der Waals surface area (Å²) >= 11 is 0. The molecule has 0 radical (unpaired) electrons. The van der Waals surface area contributed by atoms with E-state index in [2.05, 4.69) is 0 Å². The third-order valence-corrected chi connectivity index (χ3v) is 3.54. The lowest BCUT2D eigenvalue weighted by atomic mass is 9.93. The fourth-order valence-electron chi connectivity index (χ4n) is 2.43. The van der Waals surface area contributed by atoms with Crippen molar-refractivity contribution < 1.29 is 4.39 Å². The van der Waals surface area contributed by atoms with Crippen LogP contribution in [0.15, 0.2) is 66.7 Å². The Labute approximate surface area is 122 Å². The number of benzene rings is 3. The Morgan fingerprint density at radius 3 is 1.90 bits per heavy atom. The van der Waals surface area contributed by atoms with Gasteiger partial charge in [-0.25, -0.2) is 4.39 Å². The van der Waals surface area contributed by atoms with Gasteiger partial charge in [-0.15, -0.1) is 0 Å². The molecule has 104 valence electrons. The summed E-state index contributed by atoms with van der Waals surface area (Å²) < 4.78 is 13.5. The van der Waals surface area contributed by atoms with E-state index >= 15 is 0 Å². The van der Waals surface area contributed by atoms with Gasteiger partial charge in [-0.3, -0.25) is 0 Å². The quantitative estimate of drug-likeness (QED) is 0.686. The zero-order valence-corrected chi connectivity index (χ0v) is 11.4. The van der Waals surface area contributed by atoms with Crippen LogP contribution in [0.5, 0.6) is 0 Å². The fraction of sp³-hybridized carbons (Fsp3) is 0. The maximum absolute atomic E-state index is 13.5. The van der Waals surface area contributed by atoms with Crippen molar-refractivity contribution in [2.45, 2.75) is 0 Å². The van der Waals surface area contributed by atoms with Gasteiger partial charge in [-0.2, -0.15) is 0 Å². The summed E-state index contributed by atoms with van der Waals surface area (Å²) in [5.74, 6) is -0.492. The van der Waals surface area contributed by atoms with Crippen molar-refractivity contribution in [2.24, 2.45) is 0 Å². The van der Waals surface area contributed by atoms with Gasteiger partial charge in [0, 0.05) is 5.56 Å². The topological polar surface area (TPSA) is 52.0 Å². The molecule has 0 saturated carbocycles. The molecule has 0 aliphatic heterocycles. The molecule has 0 spiro atoms. The highest BCUT2D eigenvalue weighted by molar-refractivity contribution is 5.92. The second-order valence-electron chi connectivity index (χ2n) is 4.83. The zero-order valence-electron chi connectivity index (χ0n) is 11.4. The van der Waals surface area contributed by atoms with Crippen LogP contribution in [0.3, 0.4) is 0 Å². The van der Waals surface area contributed by atoms with E-state index in [1.54, 1.807) is 6.07 Å². The molecule has 0 unspecified atom stereocenters. The smallest absolute Gasteiger partial charge is 0.148 e. The lowest BCUT2D eigenvalue weighted by Gasteiger charge is -2.13. The number of hydrogen-bond acceptors (Lipinski definition) is 2. The van der Waals surface area contributed by atoms with E-state index in [-0.39, 0.29) is 11.4 Å². The molecule has 0 heterocycles. The molecule has 3 aromatic carbocycles. The molecule has 21 heavy (non-hydrogen) atoms. The van der Waals surface area contributed by atoms with E-state index in [0.717, 1.165) is 22.3 Å². The Kier molecular flexibility index (Phi) is 3.32. The molecule has 3 aromatic rings. The Morgan fingerprint density at radius 2 is 1.19 bits per heavy atom. The molecule has 0 aromatic heterocycles. The summed E-state index contributed by atoms with van der Waals surface area (Å²) in [5.41, 5.74) is 15.8. The average molecular weight is 278 g/mol. The number of halogens is 1. The van der Waals surface area contributed by atoms with Crippen LogP contribution in [-0.2, 0) is 0 Å². The van der Waals surface area contributed by atoms with Gasteiger partial charge in [0.2, 0.25) is 0 Å². The molecule has 3 rings (SSSR count). The largest absolute Gasteiger partial charge is 0.396 e. The summed E-state index contributed by atoms with van der Waals surface area (Å²) in [6.07, 6.45) is 0. The second kappa shape index (κ2) is 5.29. The Hall–Kier alpha value is -2.81. The maximum atomic E-state index is 13.5. The minimum absolute atomic E-state index is 0.00429. The molecule has 0 bridgehead atoms. The van der Waals surface area contributed by atoms with Gasteiger partial charge in [-0.1, -0.05) is 54.6 Å². The summed E-state index contributed by atoms with van der Waals surface area (Å²) in [5, 5.41) is 0. The molecular formula is C18H15FN2. The van der Waals surface area contributed by atoms with Gasteiger partial charge in [-0.05, 0) is 28.8 Å². The van der Waals surface area contributed by atoms with Gasteiger partial charge in [0.1, 0.15) is 5.82 Å². The van der Waals surface area contributed by atoms with Gasteiger partial charge in [0.15, 0.2) is 0 Å². The van der Waals surface area contributed by atoms with Gasteiger partial charge in [0.05, 0.1) is 11.4 Å². The standard InChI is InChI=1S/C18H15FN2/c19-16-11-10-15(17(20)18(16)21)14-9-5-4-8-13(14)12-6-2-1-3-7-12/h1-11H,20-21H2. The van der Waals surface area contributed by atoms with E-state index in [9.17, 15) is 4.39 Å². The van der Waals surface area contributed by atoms with E-state index in [1.165, 1.54) is 6.07 Å². The highest BCUT2D eigenvalue weighted by atomic mass is 19.1. The van der Waals surface area contributed by atoms with Crippen molar-refractivity contribution in [3.63, 3.8) is 0 Å². The maximum Gasteiger partial charge on any atom is 0.148 e. The van der Waals surface area contributed by atoms with E-state index < -0.39 is 5.82 Å². The monoisotopic (exact) mass is 278 g/mol. The highest BCUT2D eigenvalue weighted by Crippen LogP contribution is 2.37. The van der Waals surface area contributed by atoms with Crippen LogP contribution in [0, 0.1) is 5.82 Å². The predicted molar refractivity (Wildman–Crippen MR) is 86.1 cm³/mol. The lowest BCUT2D eigenvalue weighted by molar-refractivity contribution is 0.633. The van der Waals surface area contributed by atoms with Crippen LogP contribution >= 0.6 is 0 Å². The van der Waals surface area contributed by atoms with Crippen LogP contribution in [0.2, 0.25) is 0 Å². The number of nitrogen functional groups attached to an aromatic ring is 2. The number of anilines is 2. The summed E-state index contributed by atoms with van der Waals surface area (Å²) in [6.45, 7) is 0. The Balaban J connectivity index is 2.23. The normalized spacial score (nSPS) is 10.5. The first kappa shape index (κ1) is 13.2. The summed E-state index contributed by atoms with van der Waals surface area (Å²) in [6, 6.07) is 20.9. The number of nitrogens with two attached hydrogens (primary N) is 2. The van der Waals surface area contributed by atoms with Crippen molar-refractivity contribution in [1.29, 1.82) is 0 Å². The van der Waals surface area contributed by atoms with Crippen molar-refractivity contribution in [2.75, 3.05) is 11.5 Å². The minimum Gasteiger partial charge on any atom is -0.396 e. The Bertz CT molecular complexity index is 782. The van der Waals surface area contributed by atoms with Crippen molar-refractivity contribution in [3.8, 4) is 22.3 Å². The second-order valence-corrected chi connectivity index (χ2v) is 4.83. The first-order valence-corrected chi connectivity index (χ1v) is 6.67. The van der Waals surface area contributed by atoms with Crippen LogP contribution in [-0.4, -0.2) is 0 Å². The minimum atomic E-state index is -0.492. The molecule has 3 heteroatoms. The van der Waals surface area contributed by atoms with Crippen molar-refractivity contribution in [3.05, 3.63) is 72.5 Å². The molecule has 0 amide bonds. The van der Waals surface area contributed by atoms with E-state index in [4.69, 9.17) is 11.5 Å². The van der Waals surface area contributed by atoms with Crippen LogP contribution in [0.25, 0.3) is 22.3 Å². The fourth-order valence-corrected chi connectivity index (χ4v) is 2.43. The van der Waals surface area contributed by atoms with Crippen molar-refractivity contribution >= 4 is 11.4 Å². The summed E-state index contributed by atoms with van der Waals surface area (Å²) in [4.78, 5) is 0. The third-order valence-electron chi connectivity index (χ3n) is 3.54. The van der Waals surface area contributed by atoms with Crippen LogP contribution in [0.1, 0.15) is 0 Å². The first-order chi connectivity index (χ1) is 10.2. The number of rotatable bonds is 2. The van der Waals surface area contributed by atoms with Gasteiger partial charge >= 0.3 is 0 Å². The van der Waals surface area contributed by atoms with Crippen LogP contribution in [0.4, 0.5) is 15.8 Å². The molecule has 0 atom stereocenters. The molecule has 4 N–H and O–H groups in total. The molecule has 2 nitrogen and oxygen atoms in total. The third kappa shape index (κ3) is 2.34. The first-order valence-electron chi connectivity index (χ1n) is 6.67. The molecule has 0 fully saturated rings. The SMILES string of the molecule is Nc1c(F)ccc(-c2ccccc2-c2ccccc2)c1N. The predicted octanol–water partition coefficient (Wildman–Crippen LogP) is 4.32. The van der Waals surface area contributed by atoms with Crippen molar-refractivity contribution in [1.82, 2.24) is 0 Å². The molecular weight excluding hydrogens is 263 g/mol. The summed E-state index contributed by atoms with van der Waals surface area (Å²) in [7, 11) is 0. The molecule has 0 aliphatic carbocycles. The van der Waals surface area contributed by atoms with Crippen LogP contribution < -0.4 is 11.5 Å². The Morgan fingerprint density at radius 1 is 0.571 bits per heavy atom. The van der Waals surface area contributed by atoms with E-state index in [1.807, 2.05) is 54.6 Å². The van der Waals surface area contributed by atoms with Gasteiger partial charge < -0.3 is 11.5 Å². The van der Waals surface area contributed by atoms with Gasteiger partial charge in [0.25, 0.3) is 0 Å². The average Bonchev–Trinajstić information content (AvgIpc) is 2.54. The molecule has 0 aliphatic rings. The lowest BCUT2D eigenvalue weighted by Crippen LogP contribution is -2.00. The number of hydrogen-bond donors (Lipinski definition) is 2. The highest BCUT2D eigenvalue weighted by Gasteiger charge is 2.13. The van der Waals surface area contributed by atoms with E-state index in [0.29, 0.717) is 0 Å². The zero-order chi connectivity index (χ0) is 14.8. The molecule has 0 saturated heterocycles.